The van der Waals surface area contributed by atoms with Gasteiger partial charge in [0.2, 0.25) is 5.91 Å². The van der Waals surface area contributed by atoms with Gasteiger partial charge in [0.05, 0.1) is 29.8 Å². The van der Waals surface area contributed by atoms with E-state index in [1.54, 1.807) is 36.4 Å². The first-order valence-electron chi connectivity index (χ1n) is 10.8. The molecule has 2 aliphatic rings. The predicted octanol–water partition coefficient (Wildman–Crippen LogP) is 3.73. The van der Waals surface area contributed by atoms with Gasteiger partial charge in [-0.05, 0) is 42.3 Å². The van der Waals surface area contributed by atoms with Crippen molar-refractivity contribution in [1.82, 2.24) is 9.88 Å². The molecule has 0 bridgehead atoms. The molecule has 0 spiro atoms. The second-order valence-corrected chi connectivity index (χ2v) is 8.49. The van der Waals surface area contributed by atoms with E-state index in [0.717, 1.165) is 11.1 Å². The number of carbonyl (C=O) groups excluding carboxylic acids is 2. The summed E-state index contributed by atoms with van der Waals surface area (Å²) in [6.07, 6.45) is 5.60. The molecule has 2 atom stereocenters. The number of rotatable bonds is 8. The van der Waals surface area contributed by atoms with Crippen molar-refractivity contribution < 1.29 is 19.1 Å². The Bertz CT molecular complexity index is 1130. The summed E-state index contributed by atoms with van der Waals surface area (Å²) in [4.78, 5) is 31.5. The SMILES string of the molecule is CCOC1=CC=C(C(CC(N)=O)N2Cc3ccccc3C2=O)CC1(OC)c1ccc(Cl)cn1. The molecule has 0 saturated heterocycles. The molecule has 2 aromatic rings. The highest BCUT2D eigenvalue weighted by Crippen LogP contribution is 2.44. The largest absolute Gasteiger partial charge is 0.495 e. The van der Waals surface area contributed by atoms with Crippen LogP contribution in [0.3, 0.4) is 0 Å². The maximum atomic E-state index is 13.2. The average Bonchev–Trinajstić information content (AvgIpc) is 3.15. The lowest BCUT2D eigenvalue weighted by molar-refractivity contribution is -0.118. The number of nitrogens with zero attached hydrogens (tertiary/aromatic N) is 2. The highest BCUT2D eigenvalue weighted by molar-refractivity contribution is 6.30. The number of benzene rings is 1. The van der Waals surface area contributed by atoms with Crippen LogP contribution in [0.4, 0.5) is 0 Å². The van der Waals surface area contributed by atoms with E-state index >= 15 is 0 Å². The highest BCUT2D eigenvalue weighted by atomic mass is 35.5. The van der Waals surface area contributed by atoms with E-state index in [4.69, 9.17) is 26.8 Å². The molecule has 4 rings (SSSR count). The van der Waals surface area contributed by atoms with E-state index in [1.807, 2.05) is 37.3 Å². The summed E-state index contributed by atoms with van der Waals surface area (Å²) in [5.74, 6) is -0.0122. The van der Waals surface area contributed by atoms with Crippen molar-refractivity contribution in [2.24, 2.45) is 5.73 Å². The molecule has 1 aromatic heterocycles. The summed E-state index contributed by atoms with van der Waals surface area (Å²) >= 11 is 6.06. The number of primary amides is 1. The first-order valence-corrected chi connectivity index (χ1v) is 11.2. The Morgan fingerprint density at radius 1 is 1.27 bits per heavy atom. The van der Waals surface area contributed by atoms with Crippen LogP contribution in [0, 0.1) is 0 Å². The number of nitrogens with two attached hydrogens (primary N) is 1. The van der Waals surface area contributed by atoms with Gasteiger partial charge in [0.25, 0.3) is 5.91 Å². The van der Waals surface area contributed by atoms with Crippen LogP contribution in [0.25, 0.3) is 0 Å². The number of pyridine rings is 1. The van der Waals surface area contributed by atoms with Crippen molar-refractivity contribution in [2.75, 3.05) is 13.7 Å². The predicted molar refractivity (Wildman–Crippen MR) is 124 cm³/mol. The molecule has 2 heterocycles. The summed E-state index contributed by atoms with van der Waals surface area (Å²) in [5.41, 5.74) is 7.61. The second-order valence-electron chi connectivity index (χ2n) is 8.05. The summed E-state index contributed by atoms with van der Waals surface area (Å²) in [6, 6.07) is 10.5. The lowest BCUT2D eigenvalue weighted by Crippen LogP contribution is -2.44. The fourth-order valence-corrected chi connectivity index (χ4v) is 4.68. The van der Waals surface area contributed by atoms with E-state index in [9.17, 15) is 9.59 Å². The van der Waals surface area contributed by atoms with Crippen LogP contribution >= 0.6 is 11.6 Å². The van der Waals surface area contributed by atoms with Crippen molar-refractivity contribution in [3.05, 3.63) is 87.9 Å². The molecule has 0 fully saturated rings. The topological polar surface area (TPSA) is 94.8 Å². The van der Waals surface area contributed by atoms with Gasteiger partial charge in [-0.15, -0.1) is 0 Å². The molecule has 172 valence electrons. The van der Waals surface area contributed by atoms with Crippen molar-refractivity contribution in [3.8, 4) is 0 Å². The Hall–Kier alpha value is -3.16. The van der Waals surface area contributed by atoms with Crippen LogP contribution in [-0.2, 0) is 26.4 Å². The number of allylic oxidation sites excluding steroid dienone is 2. The Labute approximate surface area is 197 Å². The molecular formula is C25H26ClN3O4. The number of carbonyl (C=O) groups is 2. The molecular weight excluding hydrogens is 442 g/mol. The number of halogens is 1. The summed E-state index contributed by atoms with van der Waals surface area (Å²) in [6.45, 7) is 2.75. The van der Waals surface area contributed by atoms with Gasteiger partial charge in [-0.25, -0.2) is 0 Å². The molecule has 1 aliphatic heterocycles. The van der Waals surface area contributed by atoms with Gasteiger partial charge in [0.1, 0.15) is 5.76 Å². The van der Waals surface area contributed by atoms with Crippen molar-refractivity contribution in [3.63, 3.8) is 0 Å². The van der Waals surface area contributed by atoms with Crippen LogP contribution in [-0.4, -0.2) is 41.5 Å². The minimum absolute atomic E-state index is 0.00277. The zero-order valence-corrected chi connectivity index (χ0v) is 19.3. The van der Waals surface area contributed by atoms with Gasteiger partial charge >= 0.3 is 0 Å². The van der Waals surface area contributed by atoms with E-state index in [-0.39, 0.29) is 12.3 Å². The van der Waals surface area contributed by atoms with Crippen LogP contribution in [0.5, 0.6) is 0 Å². The normalized spacial score (nSPS) is 20.7. The zero-order chi connectivity index (χ0) is 23.6. The maximum Gasteiger partial charge on any atom is 0.255 e. The molecule has 1 aromatic carbocycles. The standard InChI is InChI=1S/C25H26ClN3O4/c1-3-33-22-11-8-16(13-25(22,32-2)21-10-9-18(26)14-28-21)20(12-23(27)30)29-15-17-6-4-5-7-19(17)24(29)31/h4-11,14,20H,3,12-13,15H2,1-2H3,(H2,27,30). The molecule has 2 N–H and O–H groups in total. The van der Waals surface area contributed by atoms with Crippen molar-refractivity contribution >= 4 is 23.4 Å². The summed E-state index contributed by atoms with van der Waals surface area (Å²) < 4.78 is 12.0. The van der Waals surface area contributed by atoms with Gasteiger partial charge in [-0.2, -0.15) is 0 Å². The third-order valence-corrected chi connectivity index (χ3v) is 6.36. The van der Waals surface area contributed by atoms with E-state index in [1.165, 1.54) is 0 Å². The minimum Gasteiger partial charge on any atom is -0.495 e. The zero-order valence-electron chi connectivity index (χ0n) is 18.6. The fourth-order valence-electron chi connectivity index (χ4n) is 4.57. The van der Waals surface area contributed by atoms with E-state index in [0.29, 0.717) is 41.6 Å². The van der Waals surface area contributed by atoms with Crippen LogP contribution < -0.4 is 5.73 Å². The lowest BCUT2D eigenvalue weighted by Gasteiger charge is -2.40. The smallest absolute Gasteiger partial charge is 0.255 e. The Morgan fingerprint density at radius 2 is 2.06 bits per heavy atom. The minimum atomic E-state index is -1.03. The Balaban J connectivity index is 1.76. The van der Waals surface area contributed by atoms with Gasteiger partial charge in [0.15, 0.2) is 5.60 Å². The van der Waals surface area contributed by atoms with Crippen LogP contribution in [0.15, 0.2) is 66.1 Å². The lowest BCUT2D eigenvalue weighted by atomic mass is 9.80. The number of fused-ring (bicyclic) bond motifs is 1. The molecule has 33 heavy (non-hydrogen) atoms. The Kier molecular flexibility index (Phi) is 6.54. The number of hydrogen-bond donors (Lipinski definition) is 1. The summed E-state index contributed by atoms with van der Waals surface area (Å²) in [7, 11) is 1.59. The van der Waals surface area contributed by atoms with Gasteiger partial charge in [-0.3, -0.25) is 14.6 Å². The highest BCUT2D eigenvalue weighted by Gasteiger charge is 2.45. The quantitative estimate of drug-likeness (QED) is 0.638. The van der Waals surface area contributed by atoms with Crippen LogP contribution in [0.2, 0.25) is 5.02 Å². The van der Waals surface area contributed by atoms with Crippen molar-refractivity contribution in [2.45, 2.75) is 38.0 Å². The molecule has 2 unspecified atom stereocenters. The van der Waals surface area contributed by atoms with Gasteiger partial charge in [0, 0.05) is 31.8 Å². The number of methoxy groups -OCH3 is 1. The van der Waals surface area contributed by atoms with Crippen LogP contribution in [0.1, 0.15) is 41.4 Å². The van der Waals surface area contributed by atoms with E-state index < -0.39 is 17.6 Å². The first kappa shape index (κ1) is 23.0. The van der Waals surface area contributed by atoms with E-state index in [2.05, 4.69) is 4.98 Å². The second kappa shape index (κ2) is 9.37. The molecule has 8 heteroatoms. The first-order chi connectivity index (χ1) is 15.9. The number of amides is 2. The molecule has 7 nitrogen and oxygen atoms in total. The fraction of sp³-hybridized carbons (Fsp3) is 0.320. The maximum absolute atomic E-state index is 13.2. The Morgan fingerprint density at radius 3 is 2.70 bits per heavy atom. The number of hydrogen-bond acceptors (Lipinski definition) is 5. The van der Waals surface area contributed by atoms with Crippen molar-refractivity contribution in [1.29, 1.82) is 0 Å². The molecule has 0 saturated carbocycles. The third kappa shape index (κ3) is 4.26. The molecule has 1 aliphatic carbocycles. The monoisotopic (exact) mass is 467 g/mol. The third-order valence-electron chi connectivity index (χ3n) is 6.14. The summed E-state index contributed by atoms with van der Waals surface area (Å²) in [5, 5.41) is 0.505. The molecule has 2 amide bonds. The number of ether oxygens (including phenoxy) is 2. The van der Waals surface area contributed by atoms with Gasteiger partial charge in [-0.1, -0.05) is 35.9 Å². The molecule has 0 radical (unpaired) electrons. The average molecular weight is 468 g/mol. The van der Waals surface area contributed by atoms with Gasteiger partial charge < -0.3 is 20.1 Å². The number of aromatic nitrogens is 1.